The summed E-state index contributed by atoms with van der Waals surface area (Å²) in [5.74, 6) is -3.87. The van der Waals surface area contributed by atoms with E-state index in [0.717, 1.165) is 4.90 Å². The number of para-hydroxylation sites is 1. The van der Waals surface area contributed by atoms with Crippen LogP contribution in [0.3, 0.4) is 0 Å². The largest absolute Gasteiger partial charge is 0.464 e. The number of carbonyl (C=O) groups excluding carboxylic acids is 3. The highest BCUT2D eigenvalue weighted by Crippen LogP contribution is 2.46. The van der Waals surface area contributed by atoms with E-state index in [2.05, 4.69) is 0 Å². The zero-order valence-electron chi connectivity index (χ0n) is 14.7. The third-order valence-electron chi connectivity index (χ3n) is 5.50. The Bertz CT molecular complexity index is 928. The van der Waals surface area contributed by atoms with Crippen molar-refractivity contribution in [2.24, 2.45) is 11.8 Å². The van der Waals surface area contributed by atoms with Gasteiger partial charge in [0.1, 0.15) is 17.7 Å². The van der Waals surface area contributed by atoms with E-state index < -0.39 is 47.0 Å². The number of rotatable bonds is 3. The number of amides is 2. The van der Waals surface area contributed by atoms with Crippen LogP contribution in [-0.2, 0) is 19.1 Å². The molecule has 0 saturated carbocycles. The highest BCUT2D eigenvalue weighted by molar-refractivity contribution is 6.23. The van der Waals surface area contributed by atoms with Gasteiger partial charge in [0.05, 0.1) is 19.1 Å². The molecule has 7 nitrogen and oxygen atoms in total. The van der Waals surface area contributed by atoms with E-state index in [1.807, 2.05) is 0 Å². The fourth-order valence-electron chi connectivity index (χ4n) is 4.29. The maximum Gasteiger partial charge on any atom is 0.368 e. The summed E-state index contributed by atoms with van der Waals surface area (Å²) in [6.45, 7) is 1.56. The summed E-state index contributed by atoms with van der Waals surface area (Å²) in [6.07, 6.45) is 1.46. The number of benzene rings is 1. The van der Waals surface area contributed by atoms with Crippen LogP contribution in [0, 0.1) is 17.7 Å². The SMILES string of the molecule is COC(=O)[C@@]1(C)[NH2+][C@@H](c2ccco2)[C@H]2C(=O)N(c3ccccc3F)C(=O)[C@H]21. The Hall–Kier alpha value is -3.00. The third kappa shape index (κ3) is 2.33. The van der Waals surface area contributed by atoms with E-state index >= 15 is 0 Å². The highest BCUT2D eigenvalue weighted by Gasteiger charge is 2.71. The highest BCUT2D eigenvalue weighted by atomic mass is 19.1. The smallest absolute Gasteiger partial charge is 0.368 e. The molecule has 1 aromatic heterocycles. The summed E-state index contributed by atoms with van der Waals surface area (Å²) in [5.41, 5.74) is -1.45. The predicted molar refractivity (Wildman–Crippen MR) is 89.7 cm³/mol. The zero-order chi connectivity index (χ0) is 19.3. The number of fused-ring (bicyclic) bond motifs is 1. The number of anilines is 1. The normalized spacial score (nSPS) is 29.9. The molecule has 4 atom stereocenters. The van der Waals surface area contributed by atoms with Crippen molar-refractivity contribution in [3.8, 4) is 0 Å². The lowest BCUT2D eigenvalue weighted by atomic mass is 9.81. The second-order valence-corrected chi connectivity index (χ2v) is 6.95. The number of hydrogen-bond acceptors (Lipinski definition) is 5. The molecule has 8 heteroatoms. The number of imide groups is 1. The van der Waals surface area contributed by atoms with Gasteiger partial charge in [0, 0.05) is 6.92 Å². The van der Waals surface area contributed by atoms with E-state index in [9.17, 15) is 18.8 Å². The van der Waals surface area contributed by atoms with E-state index in [1.165, 1.54) is 31.6 Å². The van der Waals surface area contributed by atoms with Crippen LogP contribution in [0.4, 0.5) is 10.1 Å². The first-order chi connectivity index (χ1) is 12.9. The molecule has 3 heterocycles. The zero-order valence-corrected chi connectivity index (χ0v) is 14.7. The number of ether oxygens (including phenoxy) is 1. The monoisotopic (exact) mass is 373 g/mol. The molecule has 2 N–H and O–H groups in total. The van der Waals surface area contributed by atoms with Gasteiger partial charge in [-0.05, 0) is 24.3 Å². The van der Waals surface area contributed by atoms with Gasteiger partial charge in [0.25, 0.3) is 0 Å². The van der Waals surface area contributed by atoms with E-state index in [1.54, 1.807) is 30.4 Å². The van der Waals surface area contributed by atoms with Gasteiger partial charge in [-0.2, -0.15) is 0 Å². The molecule has 140 valence electrons. The number of methoxy groups -OCH3 is 1. The Morgan fingerprint density at radius 3 is 2.59 bits per heavy atom. The van der Waals surface area contributed by atoms with Gasteiger partial charge in [0.2, 0.25) is 17.4 Å². The number of furan rings is 1. The molecule has 0 radical (unpaired) electrons. The van der Waals surface area contributed by atoms with Gasteiger partial charge in [-0.15, -0.1) is 0 Å². The molecule has 4 rings (SSSR count). The molecule has 27 heavy (non-hydrogen) atoms. The average molecular weight is 373 g/mol. The van der Waals surface area contributed by atoms with Crippen LogP contribution >= 0.6 is 0 Å². The molecule has 2 saturated heterocycles. The predicted octanol–water partition coefficient (Wildman–Crippen LogP) is 0.774. The molecule has 2 amide bonds. The molecular formula is C19H18FN2O5+. The van der Waals surface area contributed by atoms with Gasteiger partial charge >= 0.3 is 5.97 Å². The molecule has 0 spiro atoms. The number of hydrogen-bond donors (Lipinski definition) is 1. The van der Waals surface area contributed by atoms with Crippen LogP contribution in [0.5, 0.6) is 0 Å². The van der Waals surface area contributed by atoms with Gasteiger partial charge < -0.3 is 14.5 Å². The first-order valence-electron chi connectivity index (χ1n) is 8.50. The second-order valence-electron chi connectivity index (χ2n) is 6.95. The summed E-state index contributed by atoms with van der Waals surface area (Å²) in [4.78, 5) is 39.7. The molecular weight excluding hydrogens is 355 g/mol. The van der Waals surface area contributed by atoms with Crippen LogP contribution in [0.2, 0.25) is 0 Å². The van der Waals surface area contributed by atoms with Crippen molar-refractivity contribution >= 4 is 23.5 Å². The molecule has 0 aliphatic carbocycles. The molecule has 2 aromatic rings. The van der Waals surface area contributed by atoms with Gasteiger partial charge in [0.15, 0.2) is 11.8 Å². The summed E-state index contributed by atoms with van der Waals surface area (Å²) < 4.78 is 24.6. The van der Waals surface area contributed by atoms with E-state index in [0.29, 0.717) is 5.76 Å². The van der Waals surface area contributed by atoms with Crippen molar-refractivity contribution in [2.45, 2.75) is 18.5 Å². The van der Waals surface area contributed by atoms with Crippen LogP contribution in [0.15, 0.2) is 47.1 Å². The maximum atomic E-state index is 14.3. The average Bonchev–Trinajstić information content (AvgIpc) is 3.34. The molecule has 2 aliphatic heterocycles. The number of nitrogens with two attached hydrogens (primary N) is 1. The lowest BCUT2D eigenvalue weighted by Gasteiger charge is -2.25. The Morgan fingerprint density at radius 2 is 1.96 bits per heavy atom. The molecule has 2 fully saturated rings. The van der Waals surface area contributed by atoms with Crippen LogP contribution < -0.4 is 10.2 Å². The molecule has 1 aromatic carbocycles. The molecule has 2 aliphatic rings. The standard InChI is InChI=1S/C19H17FN2O5/c1-19(18(25)26-2)14-13(15(21-19)12-8-5-9-27-12)16(23)22(17(14)24)11-7-4-3-6-10(11)20/h3-9,13-15,21H,1-2H3/p+1/t13-,14-,15-,19-/m0/s1. The number of carbonyl (C=O) groups is 3. The number of nitrogens with zero attached hydrogens (tertiary/aromatic N) is 1. The van der Waals surface area contributed by atoms with Crippen LogP contribution in [-0.4, -0.2) is 30.4 Å². The fourth-order valence-corrected chi connectivity index (χ4v) is 4.29. The van der Waals surface area contributed by atoms with Crippen molar-refractivity contribution in [1.82, 2.24) is 0 Å². The van der Waals surface area contributed by atoms with Crippen molar-refractivity contribution in [3.05, 3.63) is 54.2 Å². The minimum absolute atomic E-state index is 0.118. The topological polar surface area (TPSA) is 93.4 Å². The lowest BCUT2D eigenvalue weighted by molar-refractivity contribution is -0.732. The van der Waals surface area contributed by atoms with Crippen molar-refractivity contribution < 1.29 is 33.2 Å². The van der Waals surface area contributed by atoms with Gasteiger partial charge in [-0.25, -0.2) is 14.1 Å². The maximum absolute atomic E-state index is 14.3. The first kappa shape index (κ1) is 17.4. The Labute approximate surface area is 154 Å². The van der Waals surface area contributed by atoms with Crippen LogP contribution in [0.1, 0.15) is 18.7 Å². The fraction of sp³-hybridized carbons (Fsp3) is 0.316. The summed E-state index contributed by atoms with van der Waals surface area (Å²) >= 11 is 0. The van der Waals surface area contributed by atoms with E-state index in [4.69, 9.17) is 9.15 Å². The Morgan fingerprint density at radius 1 is 1.22 bits per heavy atom. The van der Waals surface area contributed by atoms with Crippen molar-refractivity contribution in [3.63, 3.8) is 0 Å². The summed E-state index contributed by atoms with van der Waals surface area (Å²) in [7, 11) is 1.23. The summed E-state index contributed by atoms with van der Waals surface area (Å²) in [6, 6.07) is 8.33. The van der Waals surface area contributed by atoms with E-state index in [-0.39, 0.29) is 5.69 Å². The lowest BCUT2D eigenvalue weighted by Crippen LogP contribution is -2.97. The summed E-state index contributed by atoms with van der Waals surface area (Å²) in [5, 5.41) is 1.64. The minimum atomic E-state index is -1.33. The first-order valence-corrected chi connectivity index (χ1v) is 8.50. The van der Waals surface area contributed by atoms with Crippen molar-refractivity contribution in [1.29, 1.82) is 0 Å². The second kappa shape index (κ2) is 6.02. The minimum Gasteiger partial charge on any atom is -0.464 e. The Kier molecular flexibility index (Phi) is 3.88. The third-order valence-corrected chi connectivity index (χ3v) is 5.50. The van der Waals surface area contributed by atoms with Gasteiger partial charge in [-0.3, -0.25) is 9.59 Å². The number of halogens is 1. The number of quaternary nitrogens is 1. The van der Waals surface area contributed by atoms with Crippen molar-refractivity contribution in [2.75, 3.05) is 12.0 Å². The molecule has 0 bridgehead atoms. The van der Waals surface area contributed by atoms with Gasteiger partial charge in [-0.1, -0.05) is 12.1 Å². The number of esters is 1. The molecule has 0 unspecified atom stereocenters. The Balaban J connectivity index is 1.84. The van der Waals surface area contributed by atoms with Crippen LogP contribution in [0.25, 0.3) is 0 Å². The quantitative estimate of drug-likeness (QED) is 0.634.